The average molecular weight is 328 g/mol. The Hall–Kier alpha value is -2.10. The van der Waals surface area contributed by atoms with E-state index in [1.165, 1.54) is 6.08 Å². The van der Waals surface area contributed by atoms with Gasteiger partial charge in [-0.05, 0) is 44.6 Å². The smallest absolute Gasteiger partial charge is 0.334 e. The molecule has 1 aliphatic heterocycles. The van der Waals surface area contributed by atoms with E-state index >= 15 is 0 Å². The molecule has 4 heteroatoms. The number of esters is 2. The van der Waals surface area contributed by atoms with Crippen molar-refractivity contribution in [2.75, 3.05) is 0 Å². The molecule has 0 radical (unpaired) electrons. The Balaban J connectivity index is 1.92. The molecular weight excluding hydrogens is 304 g/mol. The minimum Gasteiger partial charge on any atom is -0.458 e. The largest absolute Gasteiger partial charge is 0.458 e. The fourth-order valence-electron chi connectivity index (χ4n) is 4.23. The topological polar surface area (TPSA) is 52.6 Å². The van der Waals surface area contributed by atoms with Crippen LogP contribution in [-0.4, -0.2) is 24.1 Å². The first kappa shape index (κ1) is 16.7. The van der Waals surface area contributed by atoms with Crippen LogP contribution in [0.5, 0.6) is 0 Å². The number of carbonyl (C=O) groups excluding carboxylic acids is 2. The van der Waals surface area contributed by atoms with Crippen LogP contribution in [0.25, 0.3) is 0 Å². The minimum atomic E-state index is -0.423. The van der Waals surface area contributed by atoms with Crippen molar-refractivity contribution in [1.29, 1.82) is 0 Å². The number of hydrogen-bond donors (Lipinski definition) is 0. The van der Waals surface area contributed by atoms with Crippen molar-refractivity contribution in [1.82, 2.24) is 0 Å². The third kappa shape index (κ3) is 2.74. The second kappa shape index (κ2) is 6.08. The van der Waals surface area contributed by atoms with Crippen molar-refractivity contribution in [2.45, 2.75) is 45.3 Å². The van der Waals surface area contributed by atoms with Crippen molar-refractivity contribution >= 4 is 11.9 Å². The molecule has 5 atom stereocenters. The minimum absolute atomic E-state index is 0.0536. The molecule has 3 fully saturated rings. The molecule has 24 heavy (non-hydrogen) atoms. The molecule has 0 spiro atoms. The predicted octanol–water partition coefficient (Wildman–Crippen LogP) is 3.50. The lowest BCUT2D eigenvalue weighted by Crippen LogP contribution is -2.28. The summed E-state index contributed by atoms with van der Waals surface area (Å²) in [4.78, 5) is 24.1. The van der Waals surface area contributed by atoms with Crippen LogP contribution in [0.15, 0.2) is 48.1 Å². The summed E-state index contributed by atoms with van der Waals surface area (Å²) in [7, 11) is 0. The molecule has 0 unspecified atom stereocenters. The van der Waals surface area contributed by atoms with Crippen LogP contribution in [0.4, 0.5) is 0 Å². The Kier molecular flexibility index (Phi) is 4.24. The number of fused-ring (bicyclic) bond motifs is 3. The maximum atomic E-state index is 12.1. The van der Waals surface area contributed by atoms with Gasteiger partial charge < -0.3 is 9.47 Å². The quantitative estimate of drug-likeness (QED) is 0.442. The van der Waals surface area contributed by atoms with Crippen LogP contribution in [0, 0.1) is 17.8 Å². The highest BCUT2D eigenvalue weighted by Gasteiger charge is 2.53. The molecule has 3 aliphatic rings. The lowest BCUT2D eigenvalue weighted by molar-refractivity contribution is -0.143. The predicted molar refractivity (Wildman–Crippen MR) is 90.9 cm³/mol. The van der Waals surface area contributed by atoms with Gasteiger partial charge >= 0.3 is 11.9 Å². The van der Waals surface area contributed by atoms with Crippen molar-refractivity contribution in [3.05, 3.63) is 48.1 Å². The Morgan fingerprint density at radius 1 is 1.25 bits per heavy atom. The molecule has 3 rings (SSSR count). The van der Waals surface area contributed by atoms with E-state index in [0.717, 1.165) is 29.6 Å². The molecule has 0 bridgehead atoms. The number of hydrogen-bond acceptors (Lipinski definition) is 4. The maximum absolute atomic E-state index is 12.1. The fraction of sp³-hybridized carbons (Fsp3) is 0.500. The van der Waals surface area contributed by atoms with Crippen LogP contribution >= 0.6 is 0 Å². The van der Waals surface area contributed by atoms with Crippen molar-refractivity contribution in [2.24, 2.45) is 17.8 Å². The number of ether oxygens (including phenoxy) is 2. The molecule has 0 amide bonds. The van der Waals surface area contributed by atoms with Gasteiger partial charge in [-0.2, -0.15) is 0 Å². The maximum Gasteiger partial charge on any atom is 0.334 e. The van der Waals surface area contributed by atoms with E-state index in [1.807, 2.05) is 13.8 Å². The number of allylic oxidation sites excluding steroid dienone is 1. The normalized spacial score (nSPS) is 35.0. The summed E-state index contributed by atoms with van der Waals surface area (Å²) < 4.78 is 11.3. The molecule has 1 saturated heterocycles. The van der Waals surface area contributed by atoms with Gasteiger partial charge in [-0.25, -0.2) is 9.59 Å². The van der Waals surface area contributed by atoms with E-state index in [0.29, 0.717) is 12.0 Å². The van der Waals surface area contributed by atoms with Crippen LogP contribution in [0.2, 0.25) is 0 Å². The molecule has 0 aromatic carbocycles. The van der Waals surface area contributed by atoms with Crippen LogP contribution in [0.3, 0.4) is 0 Å². The Bertz CT molecular complexity index is 665. The summed E-state index contributed by atoms with van der Waals surface area (Å²) in [5, 5.41) is 0. The van der Waals surface area contributed by atoms with E-state index in [-0.39, 0.29) is 35.8 Å². The zero-order chi connectivity index (χ0) is 17.6. The summed E-state index contributed by atoms with van der Waals surface area (Å²) in [5.41, 5.74) is 3.35. The summed E-state index contributed by atoms with van der Waals surface area (Å²) >= 11 is 0. The zero-order valence-corrected chi connectivity index (χ0v) is 14.3. The number of rotatable bonds is 2. The van der Waals surface area contributed by atoms with E-state index < -0.39 is 6.10 Å². The van der Waals surface area contributed by atoms with Gasteiger partial charge in [0.2, 0.25) is 0 Å². The van der Waals surface area contributed by atoms with Gasteiger partial charge in [-0.15, -0.1) is 0 Å². The lowest BCUT2D eigenvalue weighted by Gasteiger charge is -2.26. The van der Waals surface area contributed by atoms with Crippen LogP contribution < -0.4 is 0 Å². The Morgan fingerprint density at radius 2 is 1.96 bits per heavy atom. The first-order chi connectivity index (χ1) is 11.3. The highest BCUT2D eigenvalue weighted by molar-refractivity contribution is 5.91. The van der Waals surface area contributed by atoms with E-state index in [4.69, 9.17) is 9.47 Å². The standard InChI is InChI=1S/C20H24O4/c1-10(2)8-17(21)23-16-9-15-13(5)20(22)24-19(15)18-11(3)6-7-14(18)12(16)4/h8,14-16,18-19H,3-7,9H2,1-2H3/t14-,15-,16+,18-,19-/m0/s1. The molecule has 0 N–H and O–H groups in total. The average Bonchev–Trinajstić information content (AvgIpc) is 2.96. The van der Waals surface area contributed by atoms with Crippen molar-refractivity contribution in [3.8, 4) is 0 Å². The van der Waals surface area contributed by atoms with Gasteiger partial charge in [0.15, 0.2) is 0 Å². The van der Waals surface area contributed by atoms with Crippen molar-refractivity contribution < 1.29 is 19.1 Å². The fourth-order valence-corrected chi connectivity index (χ4v) is 4.23. The SMILES string of the molecule is C=C1CC[C@H]2C(=C)[C@H](OC(=O)C=C(C)C)C[C@H]3C(=C)C(=O)O[C@@H]3[C@@H]12. The van der Waals surface area contributed by atoms with Crippen molar-refractivity contribution in [3.63, 3.8) is 0 Å². The van der Waals surface area contributed by atoms with Gasteiger partial charge in [-0.3, -0.25) is 0 Å². The first-order valence-electron chi connectivity index (χ1n) is 8.41. The summed E-state index contributed by atoms with van der Waals surface area (Å²) in [6, 6.07) is 0. The van der Waals surface area contributed by atoms with E-state index in [1.54, 1.807) is 0 Å². The summed E-state index contributed by atoms with van der Waals surface area (Å²) in [6.07, 6.45) is 3.09. The van der Waals surface area contributed by atoms with Gasteiger partial charge in [0.1, 0.15) is 12.2 Å². The molecular formula is C20H24O4. The van der Waals surface area contributed by atoms with Crippen LogP contribution in [0.1, 0.15) is 33.1 Å². The second-order valence-corrected chi connectivity index (χ2v) is 7.29. The first-order valence-corrected chi connectivity index (χ1v) is 8.41. The Morgan fingerprint density at radius 3 is 2.62 bits per heavy atom. The third-order valence-corrected chi connectivity index (χ3v) is 5.41. The molecule has 2 aliphatic carbocycles. The number of carbonyl (C=O) groups is 2. The van der Waals surface area contributed by atoms with Gasteiger partial charge in [-0.1, -0.05) is 30.9 Å². The van der Waals surface area contributed by atoms with E-state index in [2.05, 4.69) is 19.7 Å². The highest BCUT2D eigenvalue weighted by atomic mass is 16.6. The Labute approximate surface area is 142 Å². The van der Waals surface area contributed by atoms with Gasteiger partial charge in [0, 0.05) is 23.5 Å². The second-order valence-electron chi connectivity index (χ2n) is 7.29. The summed E-state index contributed by atoms with van der Waals surface area (Å²) in [5.74, 6) is -0.675. The zero-order valence-electron chi connectivity index (χ0n) is 14.3. The molecule has 2 saturated carbocycles. The molecule has 1 heterocycles. The molecule has 4 nitrogen and oxygen atoms in total. The van der Waals surface area contributed by atoms with Gasteiger partial charge in [0.25, 0.3) is 0 Å². The van der Waals surface area contributed by atoms with Crippen LogP contribution in [-0.2, 0) is 19.1 Å². The monoisotopic (exact) mass is 328 g/mol. The molecule has 128 valence electrons. The summed E-state index contributed by atoms with van der Waals surface area (Å²) in [6.45, 7) is 16.0. The highest BCUT2D eigenvalue weighted by Crippen LogP contribution is 2.52. The lowest BCUT2D eigenvalue weighted by atomic mass is 9.82. The third-order valence-electron chi connectivity index (χ3n) is 5.41. The molecule has 0 aromatic rings. The van der Waals surface area contributed by atoms with Gasteiger partial charge in [0.05, 0.1) is 0 Å². The van der Waals surface area contributed by atoms with E-state index in [9.17, 15) is 9.59 Å². The molecule has 0 aromatic heterocycles.